The third-order valence-corrected chi connectivity index (χ3v) is 3.67. The quantitative estimate of drug-likeness (QED) is 0.797. The molecule has 3 aromatic heterocycles. The minimum atomic E-state index is -2.69. The van der Waals surface area contributed by atoms with E-state index in [1.807, 2.05) is 0 Å². The van der Waals surface area contributed by atoms with Crippen molar-refractivity contribution in [2.45, 2.75) is 24.8 Å². The van der Waals surface area contributed by atoms with E-state index in [0.29, 0.717) is 17.2 Å². The molecule has 23 heavy (non-hydrogen) atoms. The molecule has 1 aliphatic carbocycles. The molecular formula is C14H11F2N5O2. The third kappa shape index (κ3) is 2.43. The van der Waals surface area contributed by atoms with Crippen LogP contribution in [0.25, 0.3) is 17.2 Å². The molecule has 1 N–H and O–H groups in total. The standard InChI is InChI=1S/C14H11F2N5O2/c15-14(16)6-8(7-14)19-12(22)10-1-2-17-11-5-9(20-21(10)11)13-18-3-4-23-13/h1-5,8H,6-7H2,(H,19,22). The molecule has 3 aromatic rings. The van der Waals surface area contributed by atoms with Crippen LogP contribution in [0, 0.1) is 0 Å². The fraction of sp³-hybridized carbons (Fsp3) is 0.286. The highest BCUT2D eigenvalue weighted by Crippen LogP contribution is 2.37. The van der Waals surface area contributed by atoms with Gasteiger partial charge >= 0.3 is 0 Å². The van der Waals surface area contributed by atoms with Gasteiger partial charge in [-0.1, -0.05) is 0 Å². The summed E-state index contributed by atoms with van der Waals surface area (Å²) in [5, 5.41) is 6.82. The maximum Gasteiger partial charge on any atom is 0.270 e. The topological polar surface area (TPSA) is 85.3 Å². The van der Waals surface area contributed by atoms with E-state index >= 15 is 0 Å². The minimum absolute atomic E-state index is 0.211. The van der Waals surface area contributed by atoms with E-state index in [1.165, 1.54) is 29.2 Å². The molecule has 0 spiro atoms. The minimum Gasteiger partial charge on any atom is -0.443 e. The Morgan fingerprint density at radius 3 is 2.87 bits per heavy atom. The fourth-order valence-electron chi connectivity index (χ4n) is 2.54. The van der Waals surface area contributed by atoms with Gasteiger partial charge in [0, 0.05) is 31.1 Å². The number of amides is 1. The third-order valence-electron chi connectivity index (χ3n) is 3.67. The highest BCUT2D eigenvalue weighted by atomic mass is 19.3. The summed E-state index contributed by atoms with van der Waals surface area (Å²) < 4.78 is 32.2. The number of oxazole rings is 1. The van der Waals surface area contributed by atoms with Crippen molar-refractivity contribution in [2.75, 3.05) is 0 Å². The Kier molecular flexibility index (Phi) is 2.90. The summed E-state index contributed by atoms with van der Waals surface area (Å²) in [5.41, 5.74) is 1.07. The van der Waals surface area contributed by atoms with Crippen LogP contribution in [0.15, 0.2) is 35.2 Å². The van der Waals surface area contributed by atoms with Crippen LogP contribution in [0.2, 0.25) is 0 Å². The molecule has 0 bridgehead atoms. The van der Waals surface area contributed by atoms with Crippen LogP contribution in [-0.2, 0) is 0 Å². The summed E-state index contributed by atoms with van der Waals surface area (Å²) in [6, 6.07) is 2.58. The Bertz CT molecular complexity index is 867. The van der Waals surface area contributed by atoms with Crippen molar-refractivity contribution in [3.63, 3.8) is 0 Å². The Morgan fingerprint density at radius 2 is 2.17 bits per heavy atom. The zero-order valence-corrected chi connectivity index (χ0v) is 11.7. The van der Waals surface area contributed by atoms with Gasteiger partial charge in [0.2, 0.25) is 5.89 Å². The van der Waals surface area contributed by atoms with Crippen molar-refractivity contribution < 1.29 is 18.0 Å². The van der Waals surface area contributed by atoms with Gasteiger partial charge < -0.3 is 9.73 Å². The molecule has 1 saturated carbocycles. The average molecular weight is 319 g/mol. The van der Waals surface area contributed by atoms with Gasteiger partial charge in [-0.25, -0.2) is 23.3 Å². The average Bonchev–Trinajstić information content (AvgIpc) is 3.13. The number of fused-ring (bicyclic) bond motifs is 1. The number of hydrogen-bond donors (Lipinski definition) is 1. The van der Waals surface area contributed by atoms with Crippen molar-refractivity contribution in [3.05, 3.63) is 36.5 Å². The maximum absolute atomic E-state index is 12.9. The van der Waals surface area contributed by atoms with Crippen molar-refractivity contribution >= 4 is 11.6 Å². The first-order chi connectivity index (χ1) is 11.0. The van der Waals surface area contributed by atoms with Gasteiger partial charge in [0.15, 0.2) is 11.3 Å². The second-order valence-corrected chi connectivity index (χ2v) is 5.40. The fourth-order valence-corrected chi connectivity index (χ4v) is 2.54. The Labute approximate surface area is 128 Å². The molecule has 118 valence electrons. The molecule has 7 nitrogen and oxygen atoms in total. The smallest absolute Gasteiger partial charge is 0.270 e. The van der Waals surface area contributed by atoms with Crippen LogP contribution in [0.5, 0.6) is 0 Å². The number of nitrogens with one attached hydrogen (secondary N) is 1. The Hall–Kier alpha value is -2.84. The SMILES string of the molecule is O=C(NC1CC(F)(F)C1)c1ccnc2cc(-c3ncco3)nn12. The molecule has 4 rings (SSSR count). The first kappa shape index (κ1) is 13.8. The molecule has 0 atom stereocenters. The Balaban J connectivity index is 1.63. The zero-order valence-electron chi connectivity index (χ0n) is 11.7. The Morgan fingerprint density at radius 1 is 1.35 bits per heavy atom. The van der Waals surface area contributed by atoms with E-state index in [-0.39, 0.29) is 18.5 Å². The van der Waals surface area contributed by atoms with Crippen LogP contribution in [0.1, 0.15) is 23.3 Å². The first-order valence-corrected chi connectivity index (χ1v) is 6.95. The number of carbonyl (C=O) groups is 1. The van der Waals surface area contributed by atoms with E-state index in [0.717, 1.165) is 0 Å². The van der Waals surface area contributed by atoms with Crippen LogP contribution in [0.3, 0.4) is 0 Å². The number of alkyl halides is 2. The molecule has 3 heterocycles. The second kappa shape index (κ2) is 4.83. The lowest BCUT2D eigenvalue weighted by molar-refractivity contribution is -0.0901. The number of hydrogen-bond acceptors (Lipinski definition) is 5. The summed E-state index contributed by atoms with van der Waals surface area (Å²) in [4.78, 5) is 20.4. The molecule has 9 heteroatoms. The van der Waals surface area contributed by atoms with E-state index in [2.05, 4.69) is 20.4 Å². The number of aromatic nitrogens is 4. The van der Waals surface area contributed by atoms with Gasteiger partial charge in [-0.15, -0.1) is 0 Å². The van der Waals surface area contributed by atoms with Gasteiger partial charge in [-0.05, 0) is 6.07 Å². The summed E-state index contributed by atoms with van der Waals surface area (Å²) >= 11 is 0. The molecule has 0 aromatic carbocycles. The highest BCUT2D eigenvalue weighted by Gasteiger charge is 2.46. The normalized spacial score (nSPS) is 17.1. The number of carbonyl (C=O) groups excluding carboxylic acids is 1. The van der Waals surface area contributed by atoms with E-state index in [9.17, 15) is 13.6 Å². The van der Waals surface area contributed by atoms with Gasteiger partial charge in [0.05, 0.1) is 6.20 Å². The summed E-state index contributed by atoms with van der Waals surface area (Å²) in [6.45, 7) is 0. The van der Waals surface area contributed by atoms with Crippen molar-refractivity contribution in [3.8, 4) is 11.6 Å². The van der Waals surface area contributed by atoms with Gasteiger partial charge in [-0.3, -0.25) is 4.79 Å². The maximum atomic E-state index is 12.9. The monoisotopic (exact) mass is 319 g/mol. The van der Waals surface area contributed by atoms with E-state index in [4.69, 9.17) is 4.42 Å². The number of rotatable bonds is 3. The summed E-state index contributed by atoms with van der Waals surface area (Å²) in [6.07, 6.45) is 3.68. The lowest BCUT2D eigenvalue weighted by Gasteiger charge is -2.35. The lowest BCUT2D eigenvalue weighted by Crippen LogP contribution is -2.50. The number of nitrogens with zero attached hydrogens (tertiary/aromatic N) is 4. The highest BCUT2D eigenvalue weighted by molar-refractivity contribution is 5.93. The molecule has 0 radical (unpaired) electrons. The van der Waals surface area contributed by atoms with Crippen LogP contribution >= 0.6 is 0 Å². The lowest BCUT2D eigenvalue weighted by atomic mass is 9.88. The molecule has 0 saturated heterocycles. The van der Waals surface area contributed by atoms with E-state index in [1.54, 1.807) is 6.07 Å². The van der Waals surface area contributed by atoms with Gasteiger partial charge in [0.1, 0.15) is 12.0 Å². The van der Waals surface area contributed by atoms with Crippen molar-refractivity contribution in [2.24, 2.45) is 0 Å². The number of halogens is 2. The van der Waals surface area contributed by atoms with Crippen LogP contribution < -0.4 is 5.32 Å². The van der Waals surface area contributed by atoms with Gasteiger partial charge in [0.25, 0.3) is 11.8 Å². The van der Waals surface area contributed by atoms with Crippen molar-refractivity contribution in [1.29, 1.82) is 0 Å². The second-order valence-electron chi connectivity index (χ2n) is 5.40. The molecular weight excluding hydrogens is 308 g/mol. The van der Waals surface area contributed by atoms with Crippen molar-refractivity contribution in [1.82, 2.24) is 24.9 Å². The molecule has 0 aliphatic heterocycles. The molecule has 1 fully saturated rings. The van der Waals surface area contributed by atoms with Crippen LogP contribution in [0.4, 0.5) is 8.78 Å². The van der Waals surface area contributed by atoms with Gasteiger partial charge in [-0.2, -0.15) is 5.10 Å². The first-order valence-electron chi connectivity index (χ1n) is 6.95. The van der Waals surface area contributed by atoms with E-state index < -0.39 is 17.9 Å². The predicted molar refractivity (Wildman–Crippen MR) is 73.9 cm³/mol. The summed E-state index contributed by atoms with van der Waals surface area (Å²) in [7, 11) is 0. The van der Waals surface area contributed by atoms with Crippen LogP contribution in [-0.4, -0.2) is 37.5 Å². The molecule has 0 unspecified atom stereocenters. The largest absolute Gasteiger partial charge is 0.443 e. The summed E-state index contributed by atoms with van der Waals surface area (Å²) in [5.74, 6) is -2.85. The zero-order chi connectivity index (χ0) is 16.0. The molecule has 1 aliphatic rings. The predicted octanol–water partition coefficient (Wildman–Crippen LogP) is 1.91. The molecule has 1 amide bonds.